The average Bonchev–Trinajstić information content (AvgIpc) is 3.37. The summed E-state index contributed by atoms with van der Waals surface area (Å²) < 4.78 is 0. The lowest BCUT2D eigenvalue weighted by molar-refractivity contribution is -0.127. The van der Waals surface area contributed by atoms with Crippen LogP contribution in [0.3, 0.4) is 0 Å². The molecule has 26 heavy (non-hydrogen) atoms. The molecule has 0 aromatic rings. The fourth-order valence-electron chi connectivity index (χ4n) is 3.44. The topological polar surface area (TPSA) is 106 Å². The molecule has 2 heterocycles. The minimum Gasteiger partial charge on any atom is -0.353 e. The Hall–Kier alpha value is -2.32. The average molecular weight is 364 g/mol. The molecule has 0 bridgehead atoms. The van der Waals surface area contributed by atoms with E-state index < -0.39 is 11.6 Å². The number of nitrogens with zero attached hydrogens (tertiary/aromatic N) is 3. The quantitative estimate of drug-likeness (QED) is 0.354. The number of carbonyl (C=O) groups excluding carboxylic acids is 3. The van der Waals surface area contributed by atoms with Gasteiger partial charge in [0, 0.05) is 33.2 Å². The summed E-state index contributed by atoms with van der Waals surface area (Å²) in [5.41, 5.74) is -0.842. The lowest BCUT2D eigenvalue weighted by atomic mass is 9.79. The van der Waals surface area contributed by atoms with Crippen molar-refractivity contribution in [3.8, 4) is 0 Å². The van der Waals surface area contributed by atoms with E-state index in [1.165, 1.54) is 4.90 Å². The third kappa shape index (κ3) is 3.91. The molecule has 3 N–H and O–H groups in total. The maximum absolute atomic E-state index is 12.1. The fraction of sp³-hybridized carbons (Fsp3) is 0.765. The Balaban J connectivity index is 1.62. The molecule has 4 amide bonds. The highest BCUT2D eigenvalue weighted by molar-refractivity contribution is 6.07. The van der Waals surface area contributed by atoms with Crippen LogP contribution in [-0.4, -0.2) is 78.9 Å². The van der Waals surface area contributed by atoms with Crippen molar-refractivity contribution in [2.24, 2.45) is 10.9 Å². The van der Waals surface area contributed by atoms with Gasteiger partial charge in [0.25, 0.3) is 5.91 Å². The first-order valence-corrected chi connectivity index (χ1v) is 9.19. The second-order valence-electron chi connectivity index (χ2n) is 7.72. The third-order valence-corrected chi connectivity index (χ3v) is 5.46. The van der Waals surface area contributed by atoms with Gasteiger partial charge in [-0.25, -0.2) is 9.79 Å². The molecule has 2 aliphatic heterocycles. The summed E-state index contributed by atoms with van der Waals surface area (Å²) in [7, 11) is 3.44. The van der Waals surface area contributed by atoms with E-state index in [2.05, 4.69) is 25.8 Å². The molecule has 9 nitrogen and oxygen atoms in total. The Morgan fingerprint density at radius 3 is 2.42 bits per heavy atom. The van der Waals surface area contributed by atoms with Crippen LogP contribution >= 0.6 is 0 Å². The first-order valence-electron chi connectivity index (χ1n) is 9.19. The lowest BCUT2D eigenvalue weighted by Crippen LogP contribution is -2.55. The van der Waals surface area contributed by atoms with E-state index >= 15 is 0 Å². The number of aliphatic imine (C=N–C) groups is 1. The number of guanidine groups is 1. The monoisotopic (exact) mass is 364 g/mol. The Morgan fingerprint density at radius 2 is 1.92 bits per heavy atom. The van der Waals surface area contributed by atoms with E-state index in [1.54, 1.807) is 21.0 Å². The number of nitrogens with one attached hydrogen (secondary N) is 3. The summed E-state index contributed by atoms with van der Waals surface area (Å²) in [6.07, 6.45) is 3.80. The first-order chi connectivity index (χ1) is 12.3. The van der Waals surface area contributed by atoms with Gasteiger partial charge in [-0.3, -0.25) is 14.9 Å². The van der Waals surface area contributed by atoms with Crippen molar-refractivity contribution in [2.45, 2.75) is 44.2 Å². The summed E-state index contributed by atoms with van der Waals surface area (Å²) in [5, 5.41) is 8.53. The Bertz CT molecular complexity index is 622. The molecule has 2 saturated heterocycles. The minimum absolute atomic E-state index is 0.0344. The van der Waals surface area contributed by atoms with Crippen molar-refractivity contribution < 1.29 is 14.4 Å². The standard InChI is InChI=1S/C17H28N6O3/c1-17(14(25)20-16(26)21-17)11-6-8-23(9-7-11)15(19-12-4-5-12)18-10-13(24)22(2)3/h11-12H,4-10H2,1-3H3,(H,18,19)(H2,20,21,25,26). The highest BCUT2D eigenvalue weighted by atomic mass is 16.2. The van der Waals surface area contributed by atoms with Crippen LogP contribution in [0.1, 0.15) is 32.6 Å². The van der Waals surface area contributed by atoms with Crippen molar-refractivity contribution in [3.63, 3.8) is 0 Å². The van der Waals surface area contributed by atoms with E-state index in [9.17, 15) is 14.4 Å². The van der Waals surface area contributed by atoms with Crippen LogP contribution in [0.5, 0.6) is 0 Å². The van der Waals surface area contributed by atoms with Gasteiger partial charge in [0.2, 0.25) is 5.91 Å². The number of piperidine rings is 1. The zero-order valence-corrected chi connectivity index (χ0v) is 15.7. The molecule has 0 aromatic heterocycles. The van der Waals surface area contributed by atoms with E-state index in [4.69, 9.17) is 0 Å². The molecule has 0 aromatic carbocycles. The smallest absolute Gasteiger partial charge is 0.322 e. The van der Waals surface area contributed by atoms with Gasteiger partial charge < -0.3 is 20.4 Å². The first kappa shape index (κ1) is 18.5. The number of rotatable bonds is 4. The summed E-state index contributed by atoms with van der Waals surface area (Å²) in [6, 6.07) is 0.0260. The highest BCUT2D eigenvalue weighted by Gasteiger charge is 2.48. The van der Waals surface area contributed by atoms with Crippen LogP contribution in [0.15, 0.2) is 4.99 Å². The maximum Gasteiger partial charge on any atom is 0.322 e. The van der Waals surface area contributed by atoms with Crippen LogP contribution in [0.25, 0.3) is 0 Å². The van der Waals surface area contributed by atoms with E-state index in [-0.39, 0.29) is 24.3 Å². The molecule has 0 radical (unpaired) electrons. The van der Waals surface area contributed by atoms with Crippen LogP contribution in [0.2, 0.25) is 0 Å². The van der Waals surface area contributed by atoms with Crippen LogP contribution < -0.4 is 16.0 Å². The maximum atomic E-state index is 12.1. The summed E-state index contributed by atoms with van der Waals surface area (Å²) in [4.78, 5) is 43.7. The number of carbonyl (C=O) groups is 3. The number of urea groups is 1. The number of hydrogen-bond acceptors (Lipinski definition) is 4. The number of imide groups is 1. The fourth-order valence-corrected chi connectivity index (χ4v) is 3.44. The minimum atomic E-state index is -0.842. The van der Waals surface area contributed by atoms with Crippen molar-refractivity contribution in [2.75, 3.05) is 33.7 Å². The van der Waals surface area contributed by atoms with Gasteiger partial charge in [-0.1, -0.05) is 0 Å². The van der Waals surface area contributed by atoms with Gasteiger partial charge in [0.05, 0.1) is 0 Å². The molecule has 3 rings (SSSR count). The predicted octanol–water partition coefficient (Wildman–Crippen LogP) is -0.507. The molecule has 1 aliphatic carbocycles. The normalized spacial score (nSPS) is 27.2. The van der Waals surface area contributed by atoms with Crippen LogP contribution in [0, 0.1) is 5.92 Å². The van der Waals surface area contributed by atoms with E-state index in [0.717, 1.165) is 44.7 Å². The van der Waals surface area contributed by atoms with E-state index in [1.807, 2.05) is 0 Å². The molecule has 144 valence electrons. The van der Waals surface area contributed by atoms with E-state index in [0.29, 0.717) is 6.04 Å². The van der Waals surface area contributed by atoms with Gasteiger partial charge in [0.15, 0.2) is 5.96 Å². The number of amides is 4. The molecule has 9 heteroatoms. The van der Waals surface area contributed by atoms with Gasteiger partial charge in [-0.05, 0) is 38.5 Å². The summed E-state index contributed by atoms with van der Waals surface area (Å²) >= 11 is 0. The summed E-state index contributed by atoms with van der Waals surface area (Å²) in [5.74, 6) is 0.567. The molecule has 3 fully saturated rings. The largest absolute Gasteiger partial charge is 0.353 e. The zero-order chi connectivity index (χ0) is 18.9. The van der Waals surface area contributed by atoms with Crippen molar-refractivity contribution in [1.29, 1.82) is 0 Å². The molecule has 0 spiro atoms. The van der Waals surface area contributed by atoms with Gasteiger partial charge in [-0.15, -0.1) is 0 Å². The van der Waals surface area contributed by atoms with Crippen molar-refractivity contribution >= 4 is 23.8 Å². The second-order valence-corrected chi connectivity index (χ2v) is 7.72. The van der Waals surface area contributed by atoms with Crippen molar-refractivity contribution in [1.82, 2.24) is 25.8 Å². The molecule has 1 saturated carbocycles. The predicted molar refractivity (Wildman–Crippen MR) is 96.5 cm³/mol. The van der Waals surface area contributed by atoms with Crippen LogP contribution in [0.4, 0.5) is 4.79 Å². The molecular weight excluding hydrogens is 336 g/mol. The zero-order valence-electron chi connectivity index (χ0n) is 15.7. The summed E-state index contributed by atoms with van der Waals surface area (Å²) in [6.45, 7) is 3.38. The number of likely N-dealkylation sites (tertiary alicyclic amines) is 1. The van der Waals surface area contributed by atoms with Crippen LogP contribution in [-0.2, 0) is 9.59 Å². The SMILES string of the molecule is CN(C)C(=O)CN=C(NC1CC1)N1CCC(C2(C)NC(=O)NC2=O)CC1. The lowest BCUT2D eigenvalue weighted by Gasteiger charge is -2.39. The number of hydrogen-bond donors (Lipinski definition) is 3. The van der Waals surface area contributed by atoms with Gasteiger partial charge in [-0.2, -0.15) is 0 Å². The molecule has 1 unspecified atom stereocenters. The Morgan fingerprint density at radius 1 is 1.27 bits per heavy atom. The Kier molecular flexibility index (Phi) is 5.06. The number of likely N-dealkylation sites (N-methyl/N-ethyl adjacent to an activating group) is 1. The molecule has 1 atom stereocenters. The van der Waals surface area contributed by atoms with Crippen molar-refractivity contribution in [3.05, 3.63) is 0 Å². The Labute approximate surface area is 153 Å². The molecular formula is C17H28N6O3. The van der Waals surface area contributed by atoms with Gasteiger partial charge >= 0.3 is 6.03 Å². The molecule has 3 aliphatic rings. The second kappa shape index (κ2) is 7.13. The highest BCUT2D eigenvalue weighted by Crippen LogP contribution is 2.31. The third-order valence-electron chi connectivity index (χ3n) is 5.46. The van der Waals surface area contributed by atoms with Gasteiger partial charge in [0.1, 0.15) is 12.1 Å².